The molecule has 1 aromatic carbocycles. The molecule has 0 saturated heterocycles. The minimum atomic E-state index is -4.53. The van der Waals surface area contributed by atoms with Crippen LogP contribution in [0.3, 0.4) is 0 Å². The highest BCUT2D eigenvalue weighted by Gasteiger charge is 2.30. The summed E-state index contributed by atoms with van der Waals surface area (Å²) in [5.41, 5.74) is -0.874. The maximum absolute atomic E-state index is 12.7. The lowest BCUT2D eigenvalue weighted by atomic mass is 10.2. The minimum absolute atomic E-state index is 0.0594. The second kappa shape index (κ2) is 7.52. The van der Waals surface area contributed by atoms with Gasteiger partial charge in [-0.25, -0.2) is 9.78 Å². The van der Waals surface area contributed by atoms with Gasteiger partial charge < -0.3 is 10.1 Å². The molecule has 1 amide bonds. The first kappa shape index (κ1) is 18.7. The van der Waals surface area contributed by atoms with Gasteiger partial charge >= 0.3 is 12.1 Å². The fourth-order valence-electron chi connectivity index (χ4n) is 1.80. The summed E-state index contributed by atoms with van der Waals surface area (Å²) >= 11 is 5.60. The standard InChI is InChI=1S/C16H12ClF3N2O3/c1-9(25-15(24)10-5-6-13(17)21-8-10)14(23)22-12-4-2-3-11(7-12)16(18,19)20/h2-9H,1H3,(H,22,23)/t9-/m0/s1. The number of aromatic nitrogens is 1. The van der Waals surface area contributed by atoms with Crippen molar-refractivity contribution >= 4 is 29.2 Å². The highest BCUT2D eigenvalue weighted by atomic mass is 35.5. The topological polar surface area (TPSA) is 68.3 Å². The summed E-state index contributed by atoms with van der Waals surface area (Å²) < 4.78 is 42.9. The number of anilines is 1. The van der Waals surface area contributed by atoms with Crippen LogP contribution >= 0.6 is 11.6 Å². The molecule has 132 valence electrons. The molecule has 9 heteroatoms. The lowest BCUT2D eigenvalue weighted by Gasteiger charge is -2.14. The molecular weight excluding hydrogens is 361 g/mol. The molecule has 0 radical (unpaired) electrons. The molecule has 0 fully saturated rings. The SMILES string of the molecule is C[C@H](OC(=O)c1ccc(Cl)nc1)C(=O)Nc1cccc(C(F)(F)F)c1. The minimum Gasteiger partial charge on any atom is -0.449 e. The molecule has 0 saturated carbocycles. The largest absolute Gasteiger partial charge is 0.449 e. The Balaban J connectivity index is 2.01. The fraction of sp³-hybridized carbons (Fsp3) is 0.188. The zero-order valence-corrected chi connectivity index (χ0v) is 13.6. The Labute approximate surface area is 145 Å². The van der Waals surface area contributed by atoms with E-state index in [1.54, 1.807) is 0 Å². The third-order valence-corrected chi connectivity index (χ3v) is 3.30. The number of amides is 1. The van der Waals surface area contributed by atoms with Crippen LogP contribution in [-0.4, -0.2) is 23.0 Å². The molecule has 0 unspecified atom stereocenters. The number of pyridine rings is 1. The summed E-state index contributed by atoms with van der Waals surface area (Å²) in [6.07, 6.45) is -4.57. The molecule has 0 aliphatic heterocycles. The van der Waals surface area contributed by atoms with Crippen molar-refractivity contribution in [3.8, 4) is 0 Å². The van der Waals surface area contributed by atoms with Gasteiger partial charge in [-0.1, -0.05) is 17.7 Å². The van der Waals surface area contributed by atoms with Crippen LogP contribution in [0.1, 0.15) is 22.8 Å². The average molecular weight is 373 g/mol. The first-order valence-electron chi connectivity index (χ1n) is 6.97. The number of esters is 1. The molecule has 1 aromatic heterocycles. The van der Waals surface area contributed by atoms with Crippen LogP contribution in [0, 0.1) is 0 Å². The molecule has 0 spiro atoms. The van der Waals surface area contributed by atoms with E-state index in [0.29, 0.717) is 0 Å². The first-order chi connectivity index (χ1) is 11.7. The van der Waals surface area contributed by atoms with Crippen molar-refractivity contribution < 1.29 is 27.5 Å². The molecule has 2 aromatic rings. The summed E-state index contributed by atoms with van der Waals surface area (Å²) in [7, 11) is 0. The van der Waals surface area contributed by atoms with Crippen LogP contribution in [0.2, 0.25) is 5.15 Å². The molecule has 2 rings (SSSR count). The van der Waals surface area contributed by atoms with Crippen molar-refractivity contribution in [2.75, 3.05) is 5.32 Å². The van der Waals surface area contributed by atoms with Crippen molar-refractivity contribution in [1.29, 1.82) is 0 Å². The first-order valence-corrected chi connectivity index (χ1v) is 7.35. The van der Waals surface area contributed by atoms with E-state index in [9.17, 15) is 22.8 Å². The van der Waals surface area contributed by atoms with E-state index in [1.807, 2.05) is 0 Å². The zero-order chi connectivity index (χ0) is 18.6. The normalized spacial score (nSPS) is 12.4. The van der Waals surface area contributed by atoms with Crippen LogP contribution in [0.25, 0.3) is 0 Å². The van der Waals surface area contributed by atoms with E-state index in [1.165, 1.54) is 31.3 Å². The maximum Gasteiger partial charge on any atom is 0.416 e. The van der Waals surface area contributed by atoms with Crippen molar-refractivity contribution in [2.24, 2.45) is 0 Å². The summed E-state index contributed by atoms with van der Waals surface area (Å²) in [4.78, 5) is 27.6. The quantitative estimate of drug-likeness (QED) is 0.652. The monoisotopic (exact) mass is 372 g/mol. The van der Waals surface area contributed by atoms with Gasteiger partial charge in [-0.15, -0.1) is 0 Å². The number of carbonyl (C=O) groups excluding carboxylic acids is 2. The van der Waals surface area contributed by atoms with Gasteiger partial charge in [-0.2, -0.15) is 13.2 Å². The Morgan fingerprint density at radius 1 is 1.24 bits per heavy atom. The van der Waals surface area contributed by atoms with Gasteiger partial charge in [0.1, 0.15) is 5.15 Å². The smallest absolute Gasteiger partial charge is 0.416 e. The lowest BCUT2D eigenvalue weighted by molar-refractivity contribution is -0.137. The van der Waals surface area contributed by atoms with Gasteiger partial charge in [-0.05, 0) is 37.3 Å². The fourth-order valence-corrected chi connectivity index (χ4v) is 1.91. The lowest BCUT2D eigenvalue weighted by Crippen LogP contribution is -2.30. The van der Waals surface area contributed by atoms with E-state index >= 15 is 0 Å². The van der Waals surface area contributed by atoms with Crippen molar-refractivity contribution in [2.45, 2.75) is 19.2 Å². The second-order valence-electron chi connectivity index (χ2n) is 4.98. The molecule has 0 aliphatic carbocycles. The van der Waals surface area contributed by atoms with E-state index in [0.717, 1.165) is 18.2 Å². The van der Waals surface area contributed by atoms with Crippen molar-refractivity contribution in [1.82, 2.24) is 4.98 Å². The number of ether oxygens (including phenoxy) is 1. The van der Waals surface area contributed by atoms with E-state index in [-0.39, 0.29) is 16.4 Å². The number of hydrogen-bond acceptors (Lipinski definition) is 4. The Bertz CT molecular complexity index is 779. The number of nitrogens with zero attached hydrogens (tertiary/aromatic N) is 1. The molecular formula is C16H12ClF3N2O3. The van der Waals surface area contributed by atoms with Crippen molar-refractivity contribution in [3.05, 3.63) is 58.9 Å². The molecule has 0 bridgehead atoms. The number of alkyl halides is 3. The summed E-state index contributed by atoms with van der Waals surface area (Å²) in [6.45, 7) is 1.30. The third-order valence-electron chi connectivity index (χ3n) is 3.07. The van der Waals surface area contributed by atoms with E-state index in [2.05, 4.69) is 10.3 Å². The number of carbonyl (C=O) groups is 2. The average Bonchev–Trinajstić information content (AvgIpc) is 2.54. The Morgan fingerprint density at radius 3 is 2.56 bits per heavy atom. The van der Waals surface area contributed by atoms with Gasteiger partial charge in [0.05, 0.1) is 11.1 Å². The van der Waals surface area contributed by atoms with Crippen LogP contribution in [0.5, 0.6) is 0 Å². The van der Waals surface area contributed by atoms with Gasteiger partial charge in [0.15, 0.2) is 6.10 Å². The maximum atomic E-state index is 12.7. The molecule has 0 aliphatic rings. The number of halogens is 4. The predicted octanol–water partition coefficient (Wildman–Crippen LogP) is 3.94. The Morgan fingerprint density at radius 2 is 1.96 bits per heavy atom. The Hall–Kier alpha value is -2.61. The predicted molar refractivity (Wildman–Crippen MR) is 84.2 cm³/mol. The summed E-state index contributed by atoms with van der Waals surface area (Å²) in [5.74, 6) is -1.58. The summed E-state index contributed by atoms with van der Waals surface area (Å²) in [6, 6.07) is 6.88. The highest BCUT2D eigenvalue weighted by Crippen LogP contribution is 2.30. The molecule has 1 heterocycles. The van der Waals surface area contributed by atoms with Crippen LogP contribution in [0.15, 0.2) is 42.6 Å². The van der Waals surface area contributed by atoms with Gasteiger partial charge in [0, 0.05) is 11.9 Å². The van der Waals surface area contributed by atoms with Gasteiger partial charge in [0.25, 0.3) is 5.91 Å². The zero-order valence-electron chi connectivity index (χ0n) is 12.8. The van der Waals surface area contributed by atoms with Crippen molar-refractivity contribution in [3.63, 3.8) is 0 Å². The number of rotatable bonds is 4. The molecule has 5 nitrogen and oxygen atoms in total. The summed E-state index contributed by atoms with van der Waals surface area (Å²) in [5, 5.41) is 2.45. The number of nitrogens with one attached hydrogen (secondary N) is 1. The highest BCUT2D eigenvalue weighted by molar-refractivity contribution is 6.29. The number of benzene rings is 1. The molecule has 25 heavy (non-hydrogen) atoms. The van der Waals surface area contributed by atoms with Gasteiger partial charge in [-0.3, -0.25) is 4.79 Å². The van der Waals surface area contributed by atoms with Crippen LogP contribution < -0.4 is 5.32 Å². The molecule has 1 N–H and O–H groups in total. The van der Waals surface area contributed by atoms with E-state index < -0.39 is 29.7 Å². The van der Waals surface area contributed by atoms with Crippen LogP contribution in [0.4, 0.5) is 18.9 Å². The number of hydrogen-bond donors (Lipinski definition) is 1. The Kier molecular flexibility index (Phi) is 5.63. The van der Waals surface area contributed by atoms with E-state index in [4.69, 9.17) is 16.3 Å². The molecule has 1 atom stereocenters. The van der Waals surface area contributed by atoms with Gasteiger partial charge in [0.2, 0.25) is 0 Å². The third kappa shape index (κ3) is 5.18. The van der Waals surface area contributed by atoms with Crippen LogP contribution in [-0.2, 0) is 15.7 Å². The second-order valence-corrected chi connectivity index (χ2v) is 5.37.